The zero-order valence-corrected chi connectivity index (χ0v) is 9.92. The summed E-state index contributed by atoms with van der Waals surface area (Å²) in [7, 11) is 2.01. The van der Waals surface area contributed by atoms with Crippen LogP contribution in [0.1, 0.15) is 5.56 Å². The van der Waals surface area contributed by atoms with Crippen molar-refractivity contribution in [3.8, 4) is 0 Å². The third-order valence-electron chi connectivity index (χ3n) is 2.09. The highest BCUT2D eigenvalue weighted by Crippen LogP contribution is 2.16. The lowest BCUT2D eigenvalue weighted by Gasteiger charge is -2.17. The van der Waals surface area contributed by atoms with Crippen LogP contribution in [0.4, 0.5) is 5.82 Å². The number of rotatable bonds is 3. The monoisotopic (exact) mass is 238 g/mol. The van der Waals surface area contributed by atoms with E-state index in [0.717, 1.165) is 12.4 Å². The molecule has 0 radical (unpaired) electrons. The second kappa shape index (κ2) is 4.64. The summed E-state index contributed by atoms with van der Waals surface area (Å²) in [5.41, 5.74) is 1.30. The van der Waals surface area contributed by atoms with Crippen molar-refractivity contribution >= 4 is 28.8 Å². The van der Waals surface area contributed by atoms with Gasteiger partial charge in [-0.3, -0.25) is 0 Å². The third-order valence-corrected chi connectivity index (χ3v) is 3.03. The Hall–Kier alpha value is -1.06. The lowest BCUT2D eigenvalue weighted by Crippen LogP contribution is -2.17. The first kappa shape index (κ1) is 10.5. The van der Waals surface area contributed by atoms with Gasteiger partial charge in [-0.1, -0.05) is 17.7 Å². The van der Waals surface area contributed by atoms with Crippen LogP contribution in [0, 0.1) is 0 Å². The molecule has 0 atom stereocenters. The molecule has 0 saturated heterocycles. The largest absolute Gasteiger partial charge is 0.355 e. The zero-order chi connectivity index (χ0) is 10.7. The highest BCUT2D eigenvalue weighted by atomic mass is 35.5. The van der Waals surface area contributed by atoms with E-state index in [1.807, 2.05) is 19.2 Å². The second-order valence-electron chi connectivity index (χ2n) is 3.31. The number of halogens is 1. The standard InChI is InChI=1S/C11H11ClN2S/c1-14(7-9-5-6-15-8-9)11-4-2-3-10(12)13-11/h2-6,8H,7H2,1H3. The molecule has 2 nitrogen and oxygen atoms in total. The fourth-order valence-corrected chi connectivity index (χ4v) is 2.17. The molecule has 0 aliphatic heterocycles. The Morgan fingerprint density at radius 3 is 2.93 bits per heavy atom. The van der Waals surface area contributed by atoms with Crippen molar-refractivity contribution in [2.75, 3.05) is 11.9 Å². The summed E-state index contributed by atoms with van der Waals surface area (Å²) in [4.78, 5) is 6.33. The molecule has 0 spiro atoms. The maximum absolute atomic E-state index is 5.84. The smallest absolute Gasteiger partial charge is 0.131 e. The molecule has 78 valence electrons. The van der Waals surface area contributed by atoms with Crippen LogP contribution in [0.25, 0.3) is 0 Å². The van der Waals surface area contributed by atoms with Crippen molar-refractivity contribution in [2.45, 2.75) is 6.54 Å². The van der Waals surface area contributed by atoms with Gasteiger partial charge in [0.1, 0.15) is 11.0 Å². The van der Waals surface area contributed by atoms with Gasteiger partial charge in [0, 0.05) is 13.6 Å². The van der Waals surface area contributed by atoms with E-state index < -0.39 is 0 Å². The Bertz CT molecular complexity index is 428. The van der Waals surface area contributed by atoms with E-state index in [1.54, 1.807) is 17.4 Å². The molecule has 2 heterocycles. The van der Waals surface area contributed by atoms with Crippen LogP contribution in [-0.4, -0.2) is 12.0 Å². The fourth-order valence-electron chi connectivity index (χ4n) is 1.35. The van der Waals surface area contributed by atoms with Crippen molar-refractivity contribution in [2.24, 2.45) is 0 Å². The van der Waals surface area contributed by atoms with Gasteiger partial charge in [-0.05, 0) is 34.5 Å². The Morgan fingerprint density at radius 2 is 2.27 bits per heavy atom. The van der Waals surface area contributed by atoms with Gasteiger partial charge >= 0.3 is 0 Å². The number of aromatic nitrogens is 1. The molecular weight excluding hydrogens is 228 g/mol. The van der Waals surface area contributed by atoms with Gasteiger partial charge in [0.05, 0.1) is 0 Å². The molecule has 4 heteroatoms. The lowest BCUT2D eigenvalue weighted by atomic mass is 10.3. The van der Waals surface area contributed by atoms with Crippen LogP contribution in [0.3, 0.4) is 0 Å². The van der Waals surface area contributed by atoms with Gasteiger partial charge in [-0.25, -0.2) is 4.98 Å². The minimum absolute atomic E-state index is 0.532. The average molecular weight is 239 g/mol. The molecule has 0 unspecified atom stereocenters. The Morgan fingerprint density at radius 1 is 1.40 bits per heavy atom. The number of hydrogen-bond donors (Lipinski definition) is 0. The van der Waals surface area contributed by atoms with Gasteiger partial charge in [0.15, 0.2) is 0 Å². The van der Waals surface area contributed by atoms with Gasteiger partial charge in [0.25, 0.3) is 0 Å². The van der Waals surface area contributed by atoms with E-state index in [-0.39, 0.29) is 0 Å². The van der Waals surface area contributed by atoms with E-state index in [0.29, 0.717) is 5.15 Å². The summed E-state index contributed by atoms with van der Waals surface area (Å²) in [5.74, 6) is 0.897. The summed E-state index contributed by atoms with van der Waals surface area (Å²) in [5, 5.41) is 4.75. The van der Waals surface area contributed by atoms with Crippen LogP contribution in [-0.2, 0) is 6.54 Å². The maximum atomic E-state index is 5.84. The molecule has 0 saturated carbocycles. The summed E-state index contributed by atoms with van der Waals surface area (Å²) in [6.45, 7) is 0.858. The van der Waals surface area contributed by atoms with E-state index in [4.69, 9.17) is 11.6 Å². The summed E-state index contributed by atoms with van der Waals surface area (Å²) < 4.78 is 0. The van der Waals surface area contributed by atoms with Crippen LogP contribution in [0.2, 0.25) is 5.15 Å². The van der Waals surface area contributed by atoms with Crippen molar-refractivity contribution in [3.05, 3.63) is 45.7 Å². The molecule has 2 rings (SSSR count). The summed E-state index contributed by atoms with van der Waals surface area (Å²) >= 11 is 7.54. The Balaban J connectivity index is 2.11. The summed E-state index contributed by atoms with van der Waals surface area (Å²) in [6.07, 6.45) is 0. The maximum Gasteiger partial charge on any atom is 0.131 e. The second-order valence-corrected chi connectivity index (χ2v) is 4.47. The summed E-state index contributed by atoms with van der Waals surface area (Å²) in [6, 6.07) is 7.77. The van der Waals surface area contributed by atoms with Crippen molar-refractivity contribution < 1.29 is 0 Å². The Kier molecular flexibility index (Phi) is 3.23. The quantitative estimate of drug-likeness (QED) is 0.762. The molecule has 0 amide bonds. The van der Waals surface area contributed by atoms with Crippen LogP contribution in [0.5, 0.6) is 0 Å². The van der Waals surface area contributed by atoms with Gasteiger partial charge in [-0.2, -0.15) is 11.3 Å². The average Bonchev–Trinajstić information content (AvgIpc) is 2.70. The number of pyridine rings is 1. The molecule has 2 aromatic rings. The molecule has 0 bridgehead atoms. The van der Waals surface area contributed by atoms with Crippen molar-refractivity contribution in [3.63, 3.8) is 0 Å². The predicted octanol–water partition coefficient (Wildman–Crippen LogP) is 3.43. The third kappa shape index (κ3) is 2.70. The first-order valence-electron chi connectivity index (χ1n) is 4.60. The molecule has 15 heavy (non-hydrogen) atoms. The van der Waals surface area contributed by atoms with Crippen LogP contribution >= 0.6 is 22.9 Å². The molecule has 2 aromatic heterocycles. The van der Waals surface area contributed by atoms with E-state index >= 15 is 0 Å². The normalized spacial score (nSPS) is 10.3. The van der Waals surface area contributed by atoms with Gasteiger partial charge in [-0.15, -0.1) is 0 Å². The SMILES string of the molecule is CN(Cc1ccsc1)c1cccc(Cl)n1. The highest BCUT2D eigenvalue weighted by Gasteiger charge is 2.03. The minimum atomic E-state index is 0.532. The lowest BCUT2D eigenvalue weighted by molar-refractivity contribution is 0.902. The molecule has 0 N–H and O–H groups in total. The highest BCUT2D eigenvalue weighted by molar-refractivity contribution is 7.07. The van der Waals surface area contributed by atoms with E-state index in [1.165, 1.54) is 5.56 Å². The topological polar surface area (TPSA) is 16.1 Å². The minimum Gasteiger partial charge on any atom is -0.355 e. The van der Waals surface area contributed by atoms with Crippen LogP contribution < -0.4 is 4.90 Å². The Labute approximate surface area is 98.1 Å². The first-order valence-corrected chi connectivity index (χ1v) is 5.92. The first-order chi connectivity index (χ1) is 7.25. The van der Waals surface area contributed by atoms with Crippen molar-refractivity contribution in [1.82, 2.24) is 4.98 Å². The van der Waals surface area contributed by atoms with Crippen molar-refractivity contribution in [1.29, 1.82) is 0 Å². The number of hydrogen-bond acceptors (Lipinski definition) is 3. The van der Waals surface area contributed by atoms with E-state index in [2.05, 4.69) is 26.7 Å². The zero-order valence-electron chi connectivity index (χ0n) is 8.35. The van der Waals surface area contributed by atoms with Gasteiger partial charge < -0.3 is 4.90 Å². The van der Waals surface area contributed by atoms with E-state index in [9.17, 15) is 0 Å². The molecule has 0 fully saturated rings. The fraction of sp³-hybridized carbons (Fsp3) is 0.182. The van der Waals surface area contributed by atoms with Crippen LogP contribution in [0.15, 0.2) is 35.0 Å². The number of anilines is 1. The number of thiophene rings is 1. The molecular formula is C11H11ClN2S. The molecule has 0 aromatic carbocycles. The molecule has 0 aliphatic carbocycles. The molecule has 0 aliphatic rings. The predicted molar refractivity (Wildman–Crippen MR) is 65.7 cm³/mol. The number of nitrogens with zero attached hydrogens (tertiary/aromatic N) is 2. The van der Waals surface area contributed by atoms with Gasteiger partial charge in [0.2, 0.25) is 0 Å².